The van der Waals surface area contributed by atoms with Crippen molar-refractivity contribution in [3.8, 4) is 23.0 Å². The second-order valence-electron chi connectivity index (χ2n) is 7.10. The van der Waals surface area contributed by atoms with Crippen LogP contribution in [0.5, 0.6) is 23.0 Å². The number of carbonyl (C=O) groups is 2. The molecule has 0 heterocycles. The largest absolute Gasteiger partial charge is 0.493 e. The molecule has 0 bridgehead atoms. The van der Waals surface area contributed by atoms with Gasteiger partial charge in [0.1, 0.15) is 6.61 Å². The predicted octanol–water partition coefficient (Wildman–Crippen LogP) is 2.76. The normalized spacial score (nSPS) is 10.4. The van der Waals surface area contributed by atoms with Gasteiger partial charge in [-0.15, -0.1) is 0 Å². The van der Waals surface area contributed by atoms with Crippen LogP contribution in [0.4, 0.5) is 0 Å². The van der Waals surface area contributed by atoms with Crippen LogP contribution in [0.2, 0.25) is 0 Å². The number of carbonyl (C=O) groups excluding carboxylic acids is 2. The maximum atomic E-state index is 12.8. The minimum atomic E-state index is -0.230. The molecule has 31 heavy (non-hydrogen) atoms. The molecule has 8 nitrogen and oxygen atoms in total. The van der Waals surface area contributed by atoms with Crippen LogP contribution >= 0.6 is 0 Å². The highest BCUT2D eigenvalue weighted by molar-refractivity contribution is 5.94. The fourth-order valence-electron chi connectivity index (χ4n) is 2.78. The van der Waals surface area contributed by atoms with Crippen molar-refractivity contribution >= 4 is 11.8 Å². The van der Waals surface area contributed by atoms with E-state index >= 15 is 0 Å². The van der Waals surface area contributed by atoms with Crippen molar-refractivity contribution in [2.45, 2.75) is 19.9 Å². The second-order valence-corrected chi connectivity index (χ2v) is 7.10. The Bertz CT molecular complexity index is 884. The number of hydrogen-bond donors (Lipinski definition) is 1. The van der Waals surface area contributed by atoms with Crippen molar-refractivity contribution < 1.29 is 28.5 Å². The first kappa shape index (κ1) is 23.9. The molecule has 0 aliphatic heterocycles. The summed E-state index contributed by atoms with van der Waals surface area (Å²) in [6.07, 6.45) is 0. The molecular formula is C23H30N2O6. The van der Waals surface area contributed by atoms with Gasteiger partial charge in [-0.25, -0.2) is 0 Å². The van der Waals surface area contributed by atoms with Crippen LogP contribution in [-0.2, 0) is 4.79 Å². The van der Waals surface area contributed by atoms with Crippen molar-refractivity contribution in [2.75, 3.05) is 41.0 Å². The Balaban J connectivity index is 1.95. The van der Waals surface area contributed by atoms with Gasteiger partial charge in [0.2, 0.25) is 0 Å². The summed E-state index contributed by atoms with van der Waals surface area (Å²) in [6, 6.07) is 12.2. The zero-order chi connectivity index (χ0) is 22.8. The maximum Gasteiger partial charge on any atom is 0.258 e. The molecule has 0 fully saturated rings. The smallest absolute Gasteiger partial charge is 0.258 e. The van der Waals surface area contributed by atoms with Crippen LogP contribution in [-0.4, -0.2) is 63.8 Å². The van der Waals surface area contributed by atoms with E-state index in [4.69, 9.17) is 18.9 Å². The molecule has 168 valence electrons. The first-order valence-electron chi connectivity index (χ1n) is 9.97. The van der Waals surface area contributed by atoms with Gasteiger partial charge in [-0.2, -0.15) is 0 Å². The van der Waals surface area contributed by atoms with Crippen molar-refractivity contribution in [3.63, 3.8) is 0 Å². The van der Waals surface area contributed by atoms with E-state index in [0.29, 0.717) is 41.7 Å². The summed E-state index contributed by atoms with van der Waals surface area (Å²) in [5, 5.41) is 2.75. The standard InChI is InChI=1S/C23H30N2O6/c1-16(2)24-22(26)15-31-20-11-10-17(14-21(20)29-5)23(27)25(3)12-13-30-19-9-7-6-8-18(19)28-4/h6-11,14,16H,12-13,15H2,1-5H3,(H,24,26). The van der Waals surface area contributed by atoms with Crippen LogP contribution in [0.1, 0.15) is 24.2 Å². The third kappa shape index (κ3) is 7.09. The Morgan fingerprint density at radius 1 is 0.935 bits per heavy atom. The third-order valence-electron chi connectivity index (χ3n) is 4.32. The van der Waals surface area contributed by atoms with Crippen molar-refractivity contribution in [2.24, 2.45) is 0 Å². The summed E-state index contributed by atoms with van der Waals surface area (Å²) < 4.78 is 21.8. The van der Waals surface area contributed by atoms with E-state index in [2.05, 4.69) is 5.32 Å². The van der Waals surface area contributed by atoms with Gasteiger partial charge in [0.05, 0.1) is 20.8 Å². The Labute approximate surface area is 183 Å². The number of para-hydroxylation sites is 2. The molecule has 0 saturated heterocycles. The molecule has 0 aliphatic rings. The maximum absolute atomic E-state index is 12.8. The van der Waals surface area contributed by atoms with E-state index in [-0.39, 0.29) is 24.5 Å². The van der Waals surface area contributed by atoms with E-state index < -0.39 is 0 Å². The SMILES string of the molecule is COc1ccccc1OCCN(C)C(=O)c1ccc(OCC(=O)NC(C)C)c(OC)c1. The molecule has 1 N–H and O–H groups in total. The van der Waals surface area contributed by atoms with E-state index in [0.717, 1.165) is 0 Å². The van der Waals surface area contributed by atoms with Crippen LogP contribution in [0.25, 0.3) is 0 Å². The van der Waals surface area contributed by atoms with Gasteiger partial charge in [0.25, 0.3) is 11.8 Å². The van der Waals surface area contributed by atoms with E-state index in [1.165, 1.54) is 7.11 Å². The highest BCUT2D eigenvalue weighted by atomic mass is 16.5. The average Bonchev–Trinajstić information content (AvgIpc) is 2.76. The topological polar surface area (TPSA) is 86.3 Å². The lowest BCUT2D eigenvalue weighted by Gasteiger charge is -2.19. The third-order valence-corrected chi connectivity index (χ3v) is 4.32. The average molecular weight is 431 g/mol. The number of methoxy groups -OCH3 is 2. The Morgan fingerprint density at radius 2 is 1.58 bits per heavy atom. The molecule has 0 unspecified atom stereocenters. The zero-order valence-electron chi connectivity index (χ0n) is 18.6. The second kappa shape index (κ2) is 11.7. The summed E-state index contributed by atoms with van der Waals surface area (Å²) in [5.41, 5.74) is 0.440. The molecule has 0 spiro atoms. The van der Waals surface area contributed by atoms with Crippen molar-refractivity contribution in [1.82, 2.24) is 10.2 Å². The van der Waals surface area contributed by atoms with Gasteiger partial charge in [-0.05, 0) is 44.2 Å². The summed E-state index contributed by atoms with van der Waals surface area (Å²) >= 11 is 0. The van der Waals surface area contributed by atoms with Gasteiger partial charge in [-0.1, -0.05) is 12.1 Å². The Kier molecular flexibility index (Phi) is 8.99. The number of amides is 2. The van der Waals surface area contributed by atoms with Gasteiger partial charge in [0, 0.05) is 18.7 Å². The van der Waals surface area contributed by atoms with Crippen molar-refractivity contribution in [3.05, 3.63) is 48.0 Å². The number of nitrogens with zero attached hydrogens (tertiary/aromatic N) is 1. The molecule has 2 rings (SSSR count). The number of benzene rings is 2. The van der Waals surface area contributed by atoms with Crippen LogP contribution in [0.3, 0.4) is 0 Å². The highest BCUT2D eigenvalue weighted by Crippen LogP contribution is 2.29. The lowest BCUT2D eigenvalue weighted by Crippen LogP contribution is -2.34. The predicted molar refractivity (Wildman–Crippen MR) is 117 cm³/mol. The Hall–Kier alpha value is -3.42. The molecule has 0 radical (unpaired) electrons. The molecule has 2 amide bonds. The fraction of sp³-hybridized carbons (Fsp3) is 0.391. The van der Waals surface area contributed by atoms with E-state index in [1.807, 2.05) is 38.1 Å². The number of likely N-dealkylation sites (N-methyl/N-ethyl adjacent to an activating group) is 1. The molecule has 8 heteroatoms. The quantitative estimate of drug-likeness (QED) is 0.590. The first-order valence-corrected chi connectivity index (χ1v) is 9.97. The van der Waals surface area contributed by atoms with Crippen LogP contribution in [0, 0.1) is 0 Å². The number of hydrogen-bond acceptors (Lipinski definition) is 6. The minimum Gasteiger partial charge on any atom is -0.493 e. The summed E-state index contributed by atoms with van der Waals surface area (Å²) in [5.74, 6) is 1.61. The van der Waals surface area contributed by atoms with Gasteiger partial charge < -0.3 is 29.2 Å². The number of ether oxygens (including phenoxy) is 4. The highest BCUT2D eigenvalue weighted by Gasteiger charge is 2.16. The number of nitrogens with one attached hydrogen (secondary N) is 1. The fourth-order valence-corrected chi connectivity index (χ4v) is 2.78. The molecule has 2 aromatic rings. The zero-order valence-corrected chi connectivity index (χ0v) is 18.6. The first-order chi connectivity index (χ1) is 14.8. The van der Waals surface area contributed by atoms with Gasteiger partial charge in [-0.3, -0.25) is 9.59 Å². The number of rotatable bonds is 11. The molecule has 0 aromatic heterocycles. The van der Waals surface area contributed by atoms with Crippen LogP contribution in [0.15, 0.2) is 42.5 Å². The lowest BCUT2D eigenvalue weighted by atomic mass is 10.1. The minimum absolute atomic E-state index is 0.0282. The molecule has 0 aliphatic carbocycles. The monoisotopic (exact) mass is 430 g/mol. The molecule has 0 atom stereocenters. The van der Waals surface area contributed by atoms with Crippen LogP contribution < -0.4 is 24.3 Å². The summed E-state index contributed by atoms with van der Waals surface area (Å²) in [6.45, 7) is 4.30. The van der Waals surface area contributed by atoms with Crippen molar-refractivity contribution in [1.29, 1.82) is 0 Å². The molecule has 0 saturated carbocycles. The van der Waals surface area contributed by atoms with E-state index in [1.54, 1.807) is 37.3 Å². The summed E-state index contributed by atoms with van der Waals surface area (Å²) in [7, 11) is 4.76. The van der Waals surface area contributed by atoms with Gasteiger partial charge >= 0.3 is 0 Å². The molecule has 2 aromatic carbocycles. The van der Waals surface area contributed by atoms with E-state index in [9.17, 15) is 9.59 Å². The summed E-state index contributed by atoms with van der Waals surface area (Å²) in [4.78, 5) is 26.1. The Morgan fingerprint density at radius 3 is 2.23 bits per heavy atom. The lowest BCUT2D eigenvalue weighted by molar-refractivity contribution is -0.123. The van der Waals surface area contributed by atoms with Gasteiger partial charge in [0.15, 0.2) is 29.6 Å². The molecular weight excluding hydrogens is 400 g/mol.